The van der Waals surface area contributed by atoms with Crippen molar-refractivity contribution in [1.82, 2.24) is 10.6 Å². The lowest BCUT2D eigenvalue weighted by molar-refractivity contribution is -0.142. The van der Waals surface area contributed by atoms with Crippen LogP contribution in [0.15, 0.2) is 0 Å². The van der Waals surface area contributed by atoms with Gasteiger partial charge in [0.05, 0.1) is 0 Å². The number of amides is 3. The molecule has 33 heavy (non-hydrogen) atoms. The lowest BCUT2D eigenvalue weighted by Crippen LogP contribution is -2.41. The second-order valence-electron chi connectivity index (χ2n) is 9.30. The monoisotopic (exact) mass is 469 g/mol. The molecule has 0 bridgehead atoms. The minimum absolute atomic E-state index is 0.216. The summed E-state index contributed by atoms with van der Waals surface area (Å²) >= 11 is 0. The molecule has 0 aromatic carbocycles. The van der Waals surface area contributed by atoms with Crippen LogP contribution in [-0.2, 0) is 9.59 Å². The summed E-state index contributed by atoms with van der Waals surface area (Å²) in [7, 11) is 0. The fraction of sp³-hybridized carbons (Fsp3) is 0.885. The molecule has 0 unspecified atom stereocenters. The molecule has 0 aromatic rings. The number of rotatable bonds is 24. The van der Waals surface area contributed by atoms with Crippen LogP contribution in [0.25, 0.3) is 0 Å². The molecule has 0 aromatic heterocycles. The van der Waals surface area contributed by atoms with Crippen LogP contribution in [0.5, 0.6) is 0 Å². The highest BCUT2D eigenvalue weighted by Gasteiger charge is 2.19. The van der Waals surface area contributed by atoms with Crippen LogP contribution < -0.4 is 16.4 Å². The van der Waals surface area contributed by atoms with Gasteiger partial charge in [0.15, 0.2) is 0 Å². The highest BCUT2D eigenvalue weighted by atomic mass is 16.4. The fourth-order valence-corrected chi connectivity index (χ4v) is 4.05. The second-order valence-corrected chi connectivity index (χ2v) is 9.30. The Morgan fingerprint density at radius 3 is 1.52 bits per heavy atom. The van der Waals surface area contributed by atoms with Gasteiger partial charge in [0.25, 0.3) is 0 Å². The quantitative estimate of drug-likeness (QED) is 0.129. The maximum Gasteiger partial charge on any atom is 0.326 e. The number of unbranched alkanes of at least 4 members (excludes halogenated alkanes) is 16. The molecule has 0 saturated heterocycles. The summed E-state index contributed by atoms with van der Waals surface area (Å²) in [6, 6.07) is -1.55. The van der Waals surface area contributed by atoms with E-state index < -0.39 is 18.0 Å². The predicted octanol–water partition coefficient (Wildman–Crippen LogP) is 6.05. The number of hydrogen-bond acceptors (Lipinski definition) is 3. The van der Waals surface area contributed by atoms with Crippen LogP contribution >= 0.6 is 0 Å². The third kappa shape index (κ3) is 23.2. The van der Waals surface area contributed by atoms with Gasteiger partial charge in [-0.05, 0) is 19.3 Å². The molecule has 0 aliphatic carbocycles. The normalized spacial score (nSPS) is 11.8. The minimum atomic E-state index is -1.05. The number of carbonyl (C=O) groups excluding carboxylic acids is 2. The molecule has 5 N–H and O–H groups in total. The van der Waals surface area contributed by atoms with E-state index in [0.717, 1.165) is 19.3 Å². The number of nitrogens with two attached hydrogens (primary N) is 1. The Labute approximate surface area is 202 Å². The van der Waals surface area contributed by atoms with Gasteiger partial charge in [-0.25, -0.2) is 9.59 Å². The van der Waals surface area contributed by atoms with Gasteiger partial charge in [0.2, 0.25) is 5.91 Å². The van der Waals surface area contributed by atoms with Crippen molar-refractivity contribution < 1.29 is 19.5 Å². The molecule has 1 atom stereocenters. The van der Waals surface area contributed by atoms with Crippen molar-refractivity contribution >= 4 is 17.9 Å². The molecule has 7 nitrogen and oxygen atoms in total. The third-order valence-electron chi connectivity index (χ3n) is 6.11. The number of urea groups is 1. The molecule has 0 rings (SSSR count). The summed E-state index contributed by atoms with van der Waals surface area (Å²) in [5.41, 5.74) is 4.97. The Morgan fingerprint density at radius 1 is 0.697 bits per heavy atom. The Bertz CT molecular complexity index is 500. The second kappa shape index (κ2) is 23.4. The van der Waals surface area contributed by atoms with E-state index in [0.29, 0.717) is 19.4 Å². The van der Waals surface area contributed by atoms with Crippen molar-refractivity contribution in [2.24, 2.45) is 5.73 Å². The number of primary amides is 1. The van der Waals surface area contributed by atoms with E-state index in [9.17, 15) is 19.5 Å². The Kier molecular flexibility index (Phi) is 22.1. The minimum Gasteiger partial charge on any atom is -0.480 e. The largest absolute Gasteiger partial charge is 0.480 e. The number of nitrogens with one attached hydrogen (secondary N) is 2. The summed E-state index contributed by atoms with van der Waals surface area (Å²) in [5, 5.41) is 14.2. The summed E-state index contributed by atoms with van der Waals surface area (Å²) in [6.07, 6.45) is 23.0. The summed E-state index contributed by atoms with van der Waals surface area (Å²) in [4.78, 5) is 33.9. The predicted molar refractivity (Wildman–Crippen MR) is 135 cm³/mol. The van der Waals surface area contributed by atoms with Crippen LogP contribution in [0.4, 0.5) is 4.79 Å². The molecule has 7 heteroatoms. The molecular weight excluding hydrogens is 418 g/mol. The first-order valence-corrected chi connectivity index (χ1v) is 13.5. The smallest absolute Gasteiger partial charge is 0.326 e. The van der Waals surface area contributed by atoms with Crippen molar-refractivity contribution in [2.75, 3.05) is 6.54 Å². The summed E-state index contributed by atoms with van der Waals surface area (Å²) in [6.45, 7) is 2.56. The third-order valence-corrected chi connectivity index (χ3v) is 6.11. The maximum atomic E-state index is 12.0. The fourth-order valence-electron chi connectivity index (χ4n) is 4.05. The molecule has 0 radical (unpaired) electrons. The van der Waals surface area contributed by atoms with E-state index in [4.69, 9.17) is 5.73 Å². The van der Waals surface area contributed by atoms with Gasteiger partial charge >= 0.3 is 12.0 Å². The summed E-state index contributed by atoms with van der Waals surface area (Å²) in [5.74, 6) is -1.27. The average Bonchev–Trinajstić information content (AvgIpc) is 2.77. The van der Waals surface area contributed by atoms with E-state index in [2.05, 4.69) is 17.6 Å². The number of carbonyl (C=O) groups is 3. The van der Waals surface area contributed by atoms with Crippen molar-refractivity contribution in [1.29, 1.82) is 0 Å². The van der Waals surface area contributed by atoms with Crippen molar-refractivity contribution in [2.45, 2.75) is 141 Å². The lowest BCUT2D eigenvalue weighted by atomic mass is 10.0. The zero-order chi connectivity index (χ0) is 24.6. The molecule has 0 aliphatic rings. The molecule has 0 saturated carbocycles. The first-order chi connectivity index (χ1) is 16.0. The Morgan fingerprint density at radius 2 is 1.12 bits per heavy atom. The van der Waals surface area contributed by atoms with Gasteiger partial charge in [-0.1, -0.05) is 110 Å². The Hall–Kier alpha value is -1.79. The molecule has 0 fully saturated rings. The maximum absolute atomic E-state index is 12.0. The van der Waals surface area contributed by atoms with Crippen LogP contribution in [0.3, 0.4) is 0 Å². The first kappa shape index (κ1) is 31.2. The van der Waals surface area contributed by atoms with Crippen molar-refractivity contribution in [3.05, 3.63) is 0 Å². The number of aliphatic carboxylic acids is 1. The van der Waals surface area contributed by atoms with E-state index >= 15 is 0 Å². The van der Waals surface area contributed by atoms with Gasteiger partial charge in [-0.15, -0.1) is 0 Å². The molecule has 194 valence electrons. The molecular formula is C26H51N3O4. The standard InChI is InChI=1S/C26H51N3O4/c1-2-3-4-5-6-7-8-9-10-11-12-13-14-15-16-17-18-21-24(30)29-23(25(31)32)20-19-22-28-26(27)33/h23H,2-22H2,1H3,(H,29,30)(H,31,32)(H3,27,28,33)/t23-/m0/s1. The van der Waals surface area contributed by atoms with Crippen molar-refractivity contribution in [3.63, 3.8) is 0 Å². The topological polar surface area (TPSA) is 122 Å². The van der Waals surface area contributed by atoms with Crippen LogP contribution in [0.2, 0.25) is 0 Å². The lowest BCUT2D eigenvalue weighted by Gasteiger charge is -2.14. The van der Waals surface area contributed by atoms with Gasteiger partial charge in [-0.3, -0.25) is 4.79 Å². The van der Waals surface area contributed by atoms with E-state index in [1.165, 1.54) is 89.9 Å². The highest BCUT2D eigenvalue weighted by molar-refractivity contribution is 5.83. The van der Waals surface area contributed by atoms with Crippen LogP contribution in [0, 0.1) is 0 Å². The summed E-state index contributed by atoms with van der Waals surface area (Å²) < 4.78 is 0. The van der Waals surface area contributed by atoms with E-state index in [-0.39, 0.29) is 12.3 Å². The number of carboxylic acid groups (broad SMARTS) is 1. The highest BCUT2D eigenvalue weighted by Crippen LogP contribution is 2.14. The van der Waals surface area contributed by atoms with Crippen molar-refractivity contribution in [3.8, 4) is 0 Å². The first-order valence-electron chi connectivity index (χ1n) is 13.5. The van der Waals surface area contributed by atoms with Crippen LogP contribution in [-0.4, -0.2) is 35.6 Å². The molecule has 3 amide bonds. The zero-order valence-corrected chi connectivity index (χ0v) is 21.2. The molecule has 0 heterocycles. The molecule has 0 spiro atoms. The van der Waals surface area contributed by atoms with Gasteiger partial charge in [-0.2, -0.15) is 0 Å². The number of hydrogen-bond donors (Lipinski definition) is 4. The van der Waals surface area contributed by atoms with Crippen LogP contribution in [0.1, 0.15) is 135 Å². The average molecular weight is 470 g/mol. The van der Waals surface area contributed by atoms with Gasteiger partial charge in [0, 0.05) is 13.0 Å². The number of carboxylic acids is 1. The van der Waals surface area contributed by atoms with E-state index in [1.54, 1.807) is 0 Å². The van der Waals surface area contributed by atoms with E-state index in [1.807, 2.05) is 0 Å². The zero-order valence-electron chi connectivity index (χ0n) is 21.2. The van der Waals surface area contributed by atoms with Gasteiger partial charge < -0.3 is 21.5 Å². The SMILES string of the molecule is CCCCCCCCCCCCCCCCCCCC(=O)N[C@@H](CCCNC(N)=O)C(=O)O. The van der Waals surface area contributed by atoms with Gasteiger partial charge in [0.1, 0.15) is 6.04 Å². The molecule has 0 aliphatic heterocycles. The Balaban J connectivity index is 3.46.